The topological polar surface area (TPSA) is 62.2 Å². The van der Waals surface area contributed by atoms with Gasteiger partial charge in [-0.25, -0.2) is 4.79 Å². The van der Waals surface area contributed by atoms with Gasteiger partial charge in [-0.2, -0.15) is 0 Å². The molecule has 2 rings (SSSR count). The third kappa shape index (κ3) is 1.53. The number of aromatic nitrogens is 2. The predicted molar refractivity (Wildman–Crippen MR) is 66.4 cm³/mol. The van der Waals surface area contributed by atoms with Crippen LogP contribution in [0.3, 0.4) is 0 Å². The van der Waals surface area contributed by atoms with Gasteiger partial charge < -0.3 is 10.5 Å². The van der Waals surface area contributed by atoms with E-state index in [1.165, 1.54) is 0 Å². The summed E-state index contributed by atoms with van der Waals surface area (Å²) in [6.07, 6.45) is 0. The molecule has 0 fully saturated rings. The van der Waals surface area contributed by atoms with Crippen molar-refractivity contribution in [3.8, 4) is 5.75 Å². The second-order valence-corrected chi connectivity index (χ2v) is 3.48. The highest BCUT2D eigenvalue weighted by molar-refractivity contribution is 5.85. The summed E-state index contributed by atoms with van der Waals surface area (Å²) in [6.45, 7) is 0. The van der Waals surface area contributed by atoms with E-state index in [-0.39, 0.29) is 18.1 Å². The summed E-state index contributed by atoms with van der Waals surface area (Å²) in [5, 5.41) is 0. The first-order valence-corrected chi connectivity index (χ1v) is 4.55. The Morgan fingerprint density at radius 2 is 1.69 bits per heavy atom. The van der Waals surface area contributed by atoms with Crippen LogP contribution in [0.4, 0.5) is 5.69 Å². The summed E-state index contributed by atoms with van der Waals surface area (Å²) in [6, 6.07) is 3.52. The van der Waals surface area contributed by atoms with Gasteiger partial charge in [0.2, 0.25) is 0 Å². The van der Waals surface area contributed by atoms with Gasteiger partial charge in [-0.15, -0.1) is 12.4 Å². The second kappa shape index (κ2) is 4.09. The predicted octanol–water partition coefficient (Wildman–Crippen LogP) is 0.890. The maximum Gasteiger partial charge on any atom is 0.328 e. The molecule has 6 heteroatoms. The summed E-state index contributed by atoms with van der Waals surface area (Å²) < 4.78 is 8.23. The molecule has 0 radical (unpaired) electrons. The average Bonchev–Trinajstić information content (AvgIpc) is 2.43. The number of aryl methyl sites for hydroxylation is 2. The minimum Gasteiger partial charge on any atom is -0.495 e. The maximum absolute atomic E-state index is 11.6. The normalized spacial score (nSPS) is 10.2. The van der Waals surface area contributed by atoms with Crippen molar-refractivity contribution in [2.24, 2.45) is 14.1 Å². The summed E-state index contributed by atoms with van der Waals surface area (Å²) in [4.78, 5) is 11.6. The lowest BCUT2D eigenvalue weighted by Gasteiger charge is -2.04. The van der Waals surface area contributed by atoms with E-state index in [1.54, 1.807) is 42.5 Å². The third-order valence-electron chi connectivity index (χ3n) is 2.62. The van der Waals surface area contributed by atoms with Crippen molar-refractivity contribution in [1.29, 1.82) is 0 Å². The molecular formula is C10H14ClN3O2. The highest BCUT2D eigenvalue weighted by Gasteiger charge is 2.10. The van der Waals surface area contributed by atoms with Crippen LogP contribution in [0.1, 0.15) is 0 Å². The Morgan fingerprint density at radius 1 is 1.19 bits per heavy atom. The fourth-order valence-electron chi connectivity index (χ4n) is 1.72. The number of nitrogen functional groups attached to an aromatic ring is 1. The van der Waals surface area contributed by atoms with Crippen LogP contribution in [0.25, 0.3) is 11.0 Å². The molecule has 1 aromatic heterocycles. The van der Waals surface area contributed by atoms with Crippen molar-refractivity contribution < 1.29 is 4.74 Å². The second-order valence-electron chi connectivity index (χ2n) is 3.48. The first-order chi connectivity index (χ1) is 7.06. The molecule has 0 saturated heterocycles. The van der Waals surface area contributed by atoms with E-state index < -0.39 is 0 Å². The Hall–Kier alpha value is -1.62. The highest BCUT2D eigenvalue weighted by Crippen LogP contribution is 2.26. The smallest absolute Gasteiger partial charge is 0.328 e. The van der Waals surface area contributed by atoms with E-state index in [1.807, 2.05) is 0 Å². The lowest BCUT2D eigenvalue weighted by Crippen LogP contribution is -2.19. The Bertz CT molecular complexity index is 586. The van der Waals surface area contributed by atoms with E-state index in [0.717, 1.165) is 11.0 Å². The molecule has 16 heavy (non-hydrogen) atoms. The number of hydrogen-bond acceptors (Lipinski definition) is 3. The van der Waals surface area contributed by atoms with Gasteiger partial charge in [-0.05, 0) is 6.07 Å². The first kappa shape index (κ1) is 12.4. The van der Waals surface area contributed by atoms with Crippen molar-refractivity contribution in [3.05, 3.63) is 22.6 Å². The minimum atomic E-state index is -0.0716. The zero-order valence-corrected chi connectivity index (χ0v) is 10.2. The number of hydrogen-bond donors (Lipinski definition) is 1. The van der Waals surface area contributed by atoms with Crippen molar-refractivity contribution >= 4 is 29.1 Å². The zero-order chi connectivity index (χ0) is 11.2. The molecule has 0 amide bonds. The summed E-state index contributed by atoms with van der Waals surface area (Å²) in [5.41, 5.74) is 7.86. The van der Waals surface area contributed by atoms with E-state index >= 15 is 0 Å². The van der Waals surface area contributed by atoms with Crippen LogP contribution in [0.2, 0.25) is 0 Å². The molecule has 1 aromatic carbocycles. The van der Waals surface area contributed by atoms with Gasteiger partial charge in [-0.1, -0.05) is 0 Å². The van der Waals surface area contributed by atoms with Crippen LogP contribution in [-0.4, -0.2) is 16.2 Å². The summed E-state index contributed by atoms with van der Waals surface area (Å²) in [7, 11) is 5.00. The van der Waals surface area contributed by atoms with Crippen LogP contribution in [0.15, 0.2) is 16.9 Å². The van der Waals surface area contributed by atoms with Crippen molar-refractivity contribution in [1.82, 2.24) is 9.13 Å². The van der Waals surface area contributed by atoms with Gasteiger partial charge in [0.1, 0.15) is 5.75 Å². The Labute approximate surface area is 98.8 Å². The highest BCUT2D eigenvalue weighted by atomic mass is 35.5. The van der Waals surface area contributed by atoms with Crippen LogP contribution < -0.4 is 16.2 Å². The van der Waals surface area contributed by atoms with Crippen LogP contribution in [0, 0.1) is 0 Å². The summed E-state index contributed by atoms with van der Waals surface area (Å²) >= 11 is 0. The Morgan fingerprint density at radius 3 is 2.19 bits per heavy atom. The SMILES string of the molecule is COc1cc2c(cc1N)n(C)c(=O)n2C.Cl. The fourth-order valence-corrected chi connectivity index (χ4v) is 1.72. The van der Waals surface area contributed by atoms with Crippen LogP contribution in [0.5, 0.6) is 5.75 Å². The molecule has 2 aromatic rings. The molecule has 0 aliphatic rings. The molecule has 0 aliphatic carbocycles. The van der Waals surface area contributed by atoms with Gasteiger partial charge in [0.25, 0.3) is 0 Å². The molecule has 88 valence electrons. The molecular weight excluding hydrogens is 230 g/mol. The number of nitrogens with zero attached hydrogens (tertiary/aromatic N) is 2. The lowest BCUT2D eigenvalue weighted by molar-refractivity contribution is 0.417. The van der Waals surface area contributed by atoms with Gasteiger partial charge >= 0.3 is 5.69 Å². The zero-order valence-electron chi connectivity index (χ0n) is 9.35. The van der Waals surface area contributed by atoms with Gasteiger partial charge in [0.15, 0.2) is 0 Å². The number of fused-ring (bicyclic) bond motifs is 1. The number of methoxy groups -OCH3 is 1. The van der Waals surface area contributed by atoms with Crippen LogP contribution in [-0.2, 0) is 14.1 Å². The molecule has 0 saturated carbocycles. The maximum atomic E-state index is 11.6. The van der Waals surface area contributed by atoms with Crippen LogP contribution >= 0.6 is 12.4 Å². The summed E-state index contributed by atoms with van der Waals surface area (Å²) in [5.74, 6) is 0.587. The molecule has 0 aliphatic heterocycles. The molecule has 2 N–H and O–H groups in total. The average molecular weight is 244 g/mol. The van der Waals surface area contributed by atoms with E-state index in [0.29, 0.717) is 11.4 Å². The minimum absolute atomic E-state index is 0. The Balaban J connectivity index is 0.00000128. The quantitative estimate of drug-likeness (QED) is 0.757. The molecule has 1 heterocycles. The number of rotatable bonds is 1. The number of nitrogens with two attached hydrogens (primary N) is 1. The number of ether oxygens (including phenoxy) is 1. The molecule has 0 unspecified atom stereocenters. The third-order valence-corrected chi connectivity index (χ3v) is 2.62. The van der Waals surface area contributed by atoms with Gasteiger partial charge in [0.05, 0.1) is 23.8 Å². The van der Waals surface area contributed by atoms with Gasteiger partial charge in [-0.3, -0.25) is 9.13 Å². The van der Waals surface area contributed by atoms with Crippen molar-refractivity contribution in [3.63, 3.8) is 0 Å². The Kier molecular flexibility index (Phi) is 3.19. The number of imidazole rings is 1. The largest absolute Gasteiger partial charge is 0.495 e. The van der Waals surface area contributed by atoms with E-state index in [4.69, 9.17) is 10.5 Å². The van der Waals surface area contributed by atoms with Crippen molar-refractivity contribution in [2.75, 3.05) is 12.8 Å². The lowest BCUT2D eigenvalue weighted by atomic mass is 10.2. The first-order valence-electron chi connectivity index (χ1n) is 4.55. The molecule has 0 atom stereocenters. The molecule has 0 bridgehead atoms. The number of benzene rings is 1. The standard InChI is InChI=1S/C10H13N3O2.ClH/c1-12-7-4-6(11)9(15-3)5-8(7)13(2)10(12)14;/h4-5H,11H2,1-3H3;1H. The monoisotopic (exact) mass is 243 g/mol. The van der Waals surface area contributed by atoms with E-state index in [9.17, 15) is 4.79 Å². The number of halogens is 1. The fraction of sp³-hybridized carbons (Fsp3) is 0.300. The van der Waals surface area contributed by atoms with Crippen molar-refractivity contribution in [2.45, 2.75) is 0 Å². The molecule has 5 nitrogen and oxygen atoms in total. The van der Waals surface area contributed by atoms with Gasteiger partial charge in [0, 0.05) is 20.2 Å². The number of anilines is 1. The van der Waals surface area contributed by atoms with E-state index in [2.05, 4.69) is 0 Å². The molecule has 0 spiro atoms.